The van der Waals surface area contributed by atoms with Crippen molar-refractivity contribution in [3.05, 3.63) is 99.5 Å². The van der Waals surface area contributed by atoms with E-state index in [1.807, 2.05) is 37.3 Å². The maximum absolute atomic E-state index is 13.3. The zero-order chi connectivity index (χ0) is 21.6. The Morgan fingerprint density at radius 2 is 1.73 bits per heavy atom. The van der Waals surface area contributed by atoms with Gasteiger partial charge in [-0.1, -0.05) is 74.0 Å². The lowest BCUT2D eigenvalue weighted by atomic mass is 9.84. The molecule has 1 atom stereocenters. The standard InChI is InChI=1S/C24H26N2O4/c1-3-4-15-20-21(24(29,23(28)30-2)19-13-9-6-10-14-19)16-25-26(22(20)27)17-18-11-7-5-8-12-18/h5-14,16,29H,3-4,15,17H2,1-2H3. The van der Waals surface area contributed by atoms with Crippen molar-refractivity contribution >= 4 is 5.97 Å². The number of hydrogen-bond acceptors (Lipinski definition) is 5. The van der Waals surface area contributed by atoms with E-state index in [4.69, 9.17) is 4.74 Å². The normalized spacial score (nSPS) is 12.9. The second-order valence-corrected chi connectivity index (χ2v) is 7.16. The maximum atomic E-state index is 13.3. The fourth-order valence-electron chi connectivity index (χ4n) is 3.52. The average Bonchev–Trinajstić information content (AvgIpc) is 2.79. The summed E-state index contributed by atoms with van der Waals surface area (Å²) in [6.07, 6.45) is 3.44. The van der Waals surface area contributed by atoms with E-state index in [1.165, 1.54) is 18.0 Å². The van der Waals surface area contributed by atoms with Crippen LogP contribution in [0, 0.1) is 0 Å². The Bertz CT molecular complexity index is 1050. The first-order chi connectivity index (χ1) is 14.5. The molecule has 0 aliphatic heterocycles. The molecule has 1 heterocycles. The lowest BCUT2D eigenvalue weighted by Gasteiger charge is -2.28. The van der Waals surface area contributed by atoms with Gasteiger partial charge in [0.2, 0.25) is 5.60 Å². The van der Waals surface area contributed by atoms with Crippen molar-refractivity contribution in [1.29, 1.82) is 0 Å². The number of hydrogen-bond donors (Lipinski definition) is 1. The molecule has 1 aromatic heterocycles. The molecule has 6 heteroatoms. The summed E-state index contributed by atoms with van der Waals surface area (Å²) in [4.78, 5) is 26.1. The summed E-state index contributed by atoms with van der Waals surface area (Å²) in [5.41, 5.74) is -0.619. The van der Waals surface area contributed by atoms with Crippen LogP contribution in [0.15, 0.2) is 71.7 Å². The summed E-state index contributed by atoms with van der Waals surface area (Å²) in [5, 5.41) is 15.8. The van der Waals surface area contributed by atoms with Crippen molar-refractivity contribution in [2.45, 2.75) is 38.3 Å². The zero-order valence-corrected chi connectivity index (χ0v) is 17.2. The third-order valence-corrected chi connectivity index (χ3v) is 5.16. The highest BCUT2D eigenvalue weighted by molar-refractivity contribution is 5.85. The number of carbonyl (C=O) groups excluding carboxylic acids is 1. The van der Waals surface area contributed by atoms with Crippen LogP contribution in [0.25, 0.3) is 0 Å². The summed E-state index contributed by atoms with van der Waals surface area (Å²) in [6, 6.07) is 18.0. The molecule has 0 radical (unpaired) electrons. The number of ether oxygens (including phenoxy) is 1. The second-order valence-electron chi connectivity index (χ2n) is 7.16. The van der Waals surface area contributed by atoms with Gasteiger partial charge in [-0.15, -0.1) is 0 Å². The van der Waals surface area contributed by atoms with Crippen LogP contribution >= 0.6 is 0 Å². The van der Waals surface area contributed by atoms with E-state index in [0.29, 0.717) is 24.1 Å². The molecule has 1 unspecified atom stereocenters. The lowest BCUT2D eigenvalue weighted by Crippen LogP contribution is -2.42. The molecular formula is C24H26N2O4. The van der Waals surface area contributed by atoms with Crippen molar-refractivity contribution in [2.24, 2.45) is 0 Å². The number of aromatic nitrogens is 2. The van der Waals surface area contributed by atoms with Crippen LogP contribution in [0.3, 0.4) is 0 Å². The monoisotopic (exact) mass is 406 g/mol. The van der Waals surface area contributed by atoms with Gasteiger partial charge in [0.05, 0.1) is 19.9 Å². The minimum atomic E-state index is -2.11. The van der Waals surface area contributed by atoms with E-state index in [9.17, 15) is 14.7 Å². The van der Waals surface area contributed by atoms with Crippen LogP contribution in [0.2, 0.25) is 0 Å². The van der Waals surface area contributed by atoms with E-state index in [2.05, 4.69) is 5.10 Å². The van der Waals surface area contributed by atoms with E-state index in [-0.39, 0.29) is 11.1 Å². The Labute approximate surface area is 175 Å². The van der Waals surface area contributed by atoms with E-state index in [1.54, 1.807) is 30.3 Å². The van der Waals surface area contributed by atoms with Crippen molar-refractivity contribution in [3.63, 3.8) is 0 Å². The molecule has 3 rings (SSSR count). The Morgan fingerprint density at radius 3 is 2.33 bits per heavy atom. The number of unbranched alkanes of at least 4 members (excludes halogenated alkanes) is 1. The number of benzene rings is 2. The minimum absolute atomic E-state index is 0.170. The van der Waals surface area contributed by atoms with Crippen molar-refractivity contribution in [1.82, 2.24) is 9.78 Å². The molecule has 3 aromatic rings. The van der Waals surface area contributed by atoms with Crippen molar-refractivity contribution in [3.8, 4) is 0 Å². The van der Waals surface area contributed by atoms with Gasteiger partial charge in [-0.2, -0.15) is 5.10 Å². The van der Waals surface area contributed by atoms with E-state index >= 15 is 0 Å². The molecule has 0 aliphatic rings. The molecule has 0 saturated carbocycles. The molecule has 0 aliphatic carbocycles. The highest BCUT2D eigenvalue weighted by atomic mass is 16.5. The smallest absolute Gasteiger partial charge is 0.347 e. The second kappa shape index (κ2) is 9.50. The molecular weight excluding hydrogens is 380 g/mol. The lowest BCUT2D eigenvalue weighted by molar-refractivity contribution is -0.159. The largest absolute Gasteiger partial charge is 0.466 e. The third kappa shape index (κ3) is 4.19. The molecule has 6 nitrogen and oxygen atoms in total. The Kier molecular flexibility index (Phi) is 6.79. The predicted octanol–water partition coefficient (Wildman–Crippen LogP) is 3.04. The number of esters is 1. The molecule has 0 spiro atoms. The number of rotatable bonds is 8. The van der Waals surface area contributed by atoms with Gasteiger partial charge < -0.3 is 9.84 Å². The molecule has 30 heavy (non-hydrogen) atoms. The van der Waals surface area contributed by atoms with Crippen LogP contribution in [-0.4, -0.2) is 28.0 Å². The van der Waals surface area contributed by atoms with Crippen LogP contribution in [0.4, 0.5) is 0 Å². The van der Waals surface area contributed by atoms with Crippen LogP contribution in [0.1, 0.15) is 42.0 Å². The van der Waals surface area contributed by atoms with Gasteiger partial charge in [-0.25, -0.2) is 9.48 Å². The molecule has 156 valence electrons. The quantitative estimate of drug-likeness (QED) is 0.582. The predicted molar refractivity (Wildman–Crippen MR) is 114 cm³/mol. The summed E-state index contributed by atoms with van der Waals surface area (Å²) < 4.78 is 6.29. The summed E-state index contributed by atoms with van der Waals surface area (Å²) in [6.45, 7) is 2.33. The summed E-state index contributed by atoms with van der Waals surface area (Å²) >= 11 is 0. The van der Waals surface area contributed by atoms with Crippen LogP contribution < -0.4 is 5.56 Å². The first kappa shape index (κ1) is 21.5. The minimum Gasteiger partial charge on any atom is -0.466 e. The first-order valence-corrected chi connectivity index (χ1v) is 10.0. The molecule has 2 aromatic carbocycles. The number of aliphatic hydroxyl groups is 1. The third-order valence-electron chi connectivity index (χ3n) is 5.16. The van der Waals surface area contributed by atoms with Crippen molar-refractivity contribution in [2.75, 3.05) is 7.11 Å². The highest BCUT2D eigenvalue weighted by Crippen LogP contribution is 2.32. The fraction of sp³-hybridized carbons (Fsp3) is 0.292. The van der Waals surface area contributed by atoms with Gasteiger partial charge in [-0.3, -0.25) is 4.79 Å². The van der Waals surface area contributed by atoms with Crippen LogP contribution in [-0.2, 0) is 28.1 Å². The molecule has 0 amide bonds. The van der Waals surface area contributed by atoms with Gasteiger partial charge >= 0.3 is 5.97 Å². The Hall–Kier alpha value is -3.25. The van der Waals surface area contributed by atoms with Gasteiger partial charge in [0, 0.05) is 11.1 Å². The summed E-state index contributed by atoms with van der Waals surface area (Å²) in [5.74, 6) is -0.853. The van der Waals surface area contributed by atoms with Gasteiger partial charge in [0.25, 0.3) is 5.56 Å². The number of nitrogens with zero attached hydrogens (tertiary/aromatic N) is 2. The molecule has 1 N–H and O–H groups in total. The zero-order valence-electron chi connectivity index (χ0n) is 17.2. The summed E-state index contributed by atoms with van der Waals surface area (Å²) in [7, 11) is 1.21. The molecule has 0 bridgehead atoms. The van der Waals surface area contributed by atoms with Gasteiger partial charge in [0.1, 0.15) is 0 Å². The van der Waals surface area contributed by atoms with E-state index < -0.39 is 11.6 Å². The number of methoxy groups -OCH3 is 1. The molecule has 0 fully saturated rings. The van der Waals surface area contributed by atoms with Crippen LogP contribution in [0.5, 0.6) is 0 Å². The van der Waals surface area contributed by atoms with E-state index in [0.717, 1.165) is 18.4 Å². The van der Waals surface area contributed by atoms with Gasteiger partial charge in [0.15, 0.2) is 0 Å². The fourth-order valence-corrected chi connectivity index (χ4v) is 3.52. The van der Waals surface area contributed by atoms with Crippen molar-refractivity contribution < 1.29 is 14.6 Å². The maximum Gasteiger partial charge on any atom is 0.347 e. The van der Waals surface area contributed by atoms with Gasteiger partial charge in [-0.05, 0) is 24.0 Å². The highest BCUT2D eigenvalue weighted by Gasteiger charge is 2.44. The number of carbonyl (C=O) groups is 1. The topological polar surface area (TPSA) is 81.4 Å². The average molecular weight is 406 g/mol. The Morgan fingerprint density at radius 1 is 1.10 bits per heavy atom. The SMILES string of the molecule is CCCCc1c(C(O)(C(=O)OC)c2ccccc2)cnn(Cc2ccccc2)c1=O. The molecule has 0 saturated heterocycles. The first-order valence-electron chi connectivity index (χ1n) is 10.0. The Balaban J connectivity index is 2.18.